The molecule has 1 aromatic carbocycles. The lowest BCUT2D eigenvalue weighted by Crippen LogP contribution is -2.30. The van der Waals surface area contributed by atoms with E-state index in [9.17, 15) is 4.79 Å². The van der Waals surface area contributed by atoms with Gasteiger partial charge in [-0.15, -0.1) is 0 Å². The molecule has 0 heterocycles. The summed E-state index contributed by atoms with van der Waals surface area (Å²) in [7, 11) is 0. The third-order valence-corrected chi connectivity index (χ3v) is 2.70. The molecule has 0 aliphatic heterocycles. The van der Waals surface area contributed by atoms with Crippen LogP contribution in [0.4, 0.5) is 0 Å². The smallest absolute Gasteiger partial charge is 0.317 e. The van der Waals surface area contributed by atoms with Gasteiger partial charge in [0.2, 0.25) is 0 Å². The van der Waals surface area contributed by atoms with Crippen molar-refractivity contribution in [2.24, 2.45) is 0 Å². The Balaban J connectivity index is 2.56. The van der Waals surface area contributed by atoms with E-state index in [-0.39, 0.29) is 6.54 Å². The van der Waals surface area contributed by atoms with Gasteiger partial charge in [-0.3, -0.25) is 9.69 Å². The zero-order valence-electron chi connectivity index (χ0n) is 11.8. The normalized spacial score (nSPS) is 10.7. The molecule has 1 N–H and O–H groups in total. The molecule has 0 aromatic heterocycles. The van der Waals surface area contributed by atoms with Crippen LogP contribution in [-0.2, 0) is 11.3 Å². The first-order valence-corrected chi connectivity index (χ1v) is 6.81. The number of benzene rings is 1. The molecule has 19 heavy (non-hydrogen) atoms. The Morgan fingerprint density at radius 2 is 1.89 bits per heavy atom. The number of aliphatic carboxylic acids is 1. The molecular weight excluding hydrogens is 242 g/mol. The molecular formula is C15H23NO3. The van der Waals surface area contributed by atoms with Crippen molar-refractivity contribution in [1.82, 2.24) is 4.90 Å². The van der Waals surface area contributed by atoms with Crippen molar-refractivity contribution >= 4 is 5.97 Å². The van der Waals surface area contributed by atoms with E-state index in [1.54, 1.807) is 0 Å². The lowest BCUT2D eigenvalue weighted by Gasteiger charge is -2.19. The van der Waals surface area contributed by atoms with Crippen LogP contribution in [0.5, 0.6) is 5.75 Å². The summed E-state index contributed by atoms with van der Waals surface area (Å²) in [6.07, 6.45) is 1.94. The van der Waals surface area contributed by atoms with Gasteiger partial charge >= 0.3 is 5.97 Å². The first kappa shape index (κ1) is 15.5. The minimum atomic E-state index is -0.781. The second-order valence-electron chi connectivity index (χ2n) is 4.60. The molecule has 4 heteroatoms. The second-order valence-corrected chi connectivity index (χ2v) is 4.60. The molecule has 1 aromatic rings. The summed E-state index contributed by atoms with van der Waals surface area (Å²) >= 11 is 0. The maximum Gasteiger partial charge on any atom is 0.317 e. The monoisotopic (exact) mass is 265 g/mol. The van der Waals surface area contributed by atoms with Crippen LogP contribution in [0.25, 0.3) is 0 Å². The minimum absolute atomic E-state index is 0.0852. The van der Waals surface area contributed by atoms with Crippen LogP contribution < -0.4 is 4.74 Å². The highest BCUT2D eigenvalue weighted by molar-refractivity contribution is 5.69. The van der Waals surface area contributed by atoms with E-state index < -0.39 is 5.97 Å². The van der Waals surface area contributed by atoms with Crippen molar-refractivity contribution in [3.63, 3.8) is 0 Å². The third-order valence-electron chi connectivity index (χ3n) is 2.70. The quantitative estimate of drug-likeness (QED) is 0.746. The van der Waals surface area contributed by atoms with Crippen molar-refractivity contribution in [3.8, 4) is 5.75 Å². The standard InChI is InChI=1S/C15H23NO3/c1-3-9-16(12-15(17)18)11-13-5-7-14(8-6-13)19-10-4-2/h5-8H,3-4,9-12H2,1-2H3,(H,17,18). The van der Waals surface area contributed by atoms with E-state index in [4.69, 9.17) is 9.84 Å². The Morgan fingerprint density at radius 1 is 1.21 bits per heavy atom. The summed E-state index contributed by atoms with van der Waals surface area (Å²) < 4.78 is 5.52. The van der Waals surface area contributed by atoms with Crippen LogP contribution in [0.1, 0.15) is 32.3 Å². The van der Waals surface area contributed by atoms with Gasteiger partial charge in [0.05, 0.1) is 13.2 Å². The fourth-order valence-electron chi connectivity index (χ4n) is 1.89. The van der Waals surface area contributed by atoms with Crippen molar-refractivity contribution in [2.75, 3.05) is 19.7 Å². The van der Waals surface area contributed by atoms with Crippen LogP contribution in [0.2, 0.25) is 0 Å². The van der Waals surface area contributed by atoms with E-state index in [2.05, 4.69) is 13.8 Å². The van der Waals surface area contributed by atoms with E-state index in [1.165, 1.54) is 0 Å². The number of carbonyl (C=O) groups is 1. The predicted molar refractivity (Wildman–Crippen MR) is 75.4 cm³/mol. The maximum atomic E-state index is 10.8. The van der Waals surface area contributed by atoms with Crippen LogP contribution in [0.3, 0.4) is 0 Å². The van der Waals surface area contributed by atoms with Crippen LogP contribution >= 0.6 is 0 Å². The summed E-state index contributed by atoms with van der Waals surface area (Å²) in [6, 6.07) is 7.87. The van der Waals surface area contributed by atoms with E-state index in [0.29, 0.717) is 6.54 Å². The number of carboxylic acid groups (broad SMARTS) is 1. The lowest BCUT2D eigenvalue weighted by atomic mass is 10.2. The van der Waals surface area contributed by atoms with Crippen LogP contribution in [0, 0.1) is 0 Å². The molecule has 0 bridgehead atoms. The highest BCUT2D eigenvalue weighted by Crippen LogP contribution is 2.14. The van der Waals surface area contributed by atoms with Crippen molar-refractivity contribution < 1.29 is 14.6 Å². The average molecular weight is 265 g/mol. The first-order chi connectivity index (χ1) is 9.15. The molecule has 106 valence electrons. The van der Waals surface area contributed by atoms with Crippen LogP contribution in [0.15, 0.2) is 24.3 Å². The molecule has 0 unspecified atom stereocenters. The van der Waals surface area contributed by atoms with Crippen molar-refractivity contribution in [3.05, 3.63) is 29.8 Å². The number of ether oxygens (including phenoxy) is 1. The first-order valence-electron chi connectivity index (χ1n) is 6.81. The minimum Gasteiger partial charge on any atom is -0.494 e. The summed E-state index contributed by atoms with van der Waals surface area (Å²) in [5, 5.41) is 8.87. The number of hydrogen-bond acceptors (Lipinski definition) is 3. The molecule has 0 aliphatic carbocycles. The number of nitrogens with zero attached hydrogens (tertiary/aromatic N) is 1. The lowest BCUT2D eigenvalue weighted by molar-refractivity contribution is -0.138. The van der Waals surface area contributed by atoms with Gasteiger partial charge in [-0.05, 0) is 37.1 Å². The highest BCUT2D eigenvalue weighted by atomic mass is 16.5. The zero-order valence-corrected chi connectivity index (χ0v) is 11.8. The molecule has 0 spiro atoms. The zero-order chi connectivity index (χ0) is 14.1. The number of carboxylic acids is 1. The molecule has 0 saturated heterocycles. The predicted octanol–water partition coefficient (Wildman–Crippen LogP) is 2.77. The fourth-order valence-corrected chi connectivity index (χ4v) is 1.89. The largest absolute Gasteiger partial charge is 0.494 e. The molecule has 0 fully saturated rings. The third kappa shape index (κ3) is 6.25. The SMILES string of the molecule is CCCOc1ccc(CN(CCC)CC(=O)O)cc1. The van der Waals surface area contributed by atoms with Gasteiger partial charge in [0.15, 0.2) is 0 Å². The Bertz CT molecular complexity index is 375. The molecule has 0 amide bonds. The van der Waals surface area contributed by atoms with E-state index in [0.717, 1.165) is 37.3 Å². The molecule has 0 radical (unpaired) electrons. The average Bonchev–Trinajstić information content (AvgIpc) is 2.37. The summed E-state index contributed by atoms with van der Waals surface area (Å²) in [4.78, 5) is 12.7. The second kappa shape index (κ2) is 8.53. The molecule has 0 atom stereocenters. The van der Waals surface area contributed by atoms with Gasteiger partial charge in [-0.1, -0.05) is 26.0 Å². The maximum absolute atomic E-state index is 10.8. The van der Waals surface area contributed by atoms with Gasteiger partial charge in [-0.25, -0.2) is 0 Å². The van der Waals surface area contributed by atoms with Crippen LogP contribution in [-0.4, -0.2) is 35.7 Å². The van der Waals surface area contributed by atoms with Gasteiger partial charge in [0.25, 0.3) is 0 Å². The Kier molecular flexibility index (Phi) is 6.97. The Hall–Kier alpha value is -1.55. The number of rotatable bonds is 9. The topological polar surface area (TPSA) is 49.8 Å². The van der Waals surface area contributed by atoms with Crippen molar-refractivity contribution in [2.45, 2.75) is 33.2 Å². The summed E-state index contributed by atoms with van der Waals surface area (Å²) in [5.41, 5.74) is 1.11. The van der Waals surface area contributed by atoms with E-state index >= 15 is 0 Å². The van der Waals surface area contributed by atoms with Gasteiger partial charge < -0.3 is 9.84 Å². The number of hydrogen-bond donors (Lipinski definition) is 1. The molecule has 0 saturated carbocycles. The Labute approximate surface area is 115 Å². The summed E-state index contributed by atoms with van der Waals surface area (Å²) in [5.74, 6) is 0.0854. The molecule has 0 aliphatic rings. The summed E-state index contributed by atoms with van der Waals surface area (Å²) in [6.45, 7) is 6.39. The fraction of sp³-hybridized carbons (Fsp3) is 0.533. The van der Waals surface area contributed by atoms with Gasteiger partial charge in [0.1, 0.15) is 5.75 Å². The van der Waals surface area contributed by atoms with Crippen molar-refractivity contribution in [1.29, 1.82) is 0 Å². The van der Waals surface area contributed by atoms with Gasteiger partial charge in [0, 0.05) is 6.54 Å². The Morgan fingerprint density at radius 3 is 2.42 bits per heavy atom. The molecule has 1 rings (SSSR count). The van der Waals surface area contributed by atoms with Gasteiger partial charge in [-0.2, -0.15) is 0 Å². The van der Waals surface area contributed by atoms with E-state index in [1.807, 2.05) is 29.2 Å². The highest BCUT2D eigenvalue weighted by Gasteiger charge is 2.09. The molecule has 4 nitrogen and oxygen atoms in total.